The smallest absolute Gasteiger partial charge is 0.155 e. The Morgan fingerprint density at radius 2 is 1.84 bits per heavy atom. The zero-order valence-corrected chi connectivity index (χ0v) is 14.6. The zero-order chi connectivity index (χ0) is 18.0. The van der Waals surface area contributed by atoms with Gasteiger partial charge in [-0.2, -0.15) is 10.5 Å². The van der Waals surface area contributed by atoms with E-state index in [4.69, 9.17) is 4.74 Å². The molecular weight excluding hydrogens is 310 g/mol. The fraction of sp³-hybridized carbons (Fsp3) is 0.238. The van der Waals surface area contributed by atoms with Crippen LogP contribution in [0.2, 0.25) is 0 Å². The van der Waals surface area contributed by atoms with Crippen molar-refractivity contribution in [2.24, 2.45) is 0 Å². The molecule has 3 rings (SSSR count). The number of aromatic amines is 1. The molecule has 0 aliphatic rings. The summed E-state index contributed by atoms with van der Waals surface area (Å²) in [4.78, 5) is 3.42. The second kappa shape index (κ2) is 6.71. The van der Waals surface area contributed by atoms with Crippen LogP contribution in [0.3, 0.4) is 0 Å². The lowest BCUT2D eigenvalue weighted by atomic mass is 9.95. The predicted molar refractivity (Wildman–Crippen MR) is 98.4 cm³/mol. The quantitative estimate of drug-likeness (QED) is 0.743. The van der Waals surface area contributed by atoms with Crippen LogP contribution in [0.4, 0.5) is 0 Å². The Kier molecular flexibility index (Phi) is 4.46. The number of fused-ring (bicyclic) bond motifs is 1. The van der Waals surface area contributed by atoms with Gasteiger partial charge in [-0.15, -0.1) is 0 Å². The second-order valence-corrected chi connectivity index (χ2v) is 6.07. The molecule has 0 atom stereocenters. The zero-order valence-electron chi connectivity index (χ0n) is 14.6. The number of nitrogens with zero attached hydrogens (tertiary/aromatic N) is 2. The molecular formula is C21H19N3O. The molecule has 124 valence electrons. The topological polar surface area (TPSA) is 72.6 Å². The Morgan fingerprint density at radius 3 is 2.40 bits per heavy atom. The van der Waals surface area contributed by atoms with Crippen LogP contribution in [-0.4, -0.2) is 12.1 Å². The highest BCUT2D eigenvalue weighted by Gasteiger charge is 2.21. The Balaban J connectivity index is 2.45. The molecule has 0 saturated heterocycles. The van der Waals surface area contributed by atoms with Crippen molar-refractivity contribution in [1.29, 1.82) is 10.5 Å². The first-order valence-corrected chi connectivity index (χ1v) is 8.27. The van der Waals surface area contributed by atoms with Crippen molar-refractivity contribution in [3.05, 3.63) is 52.7 Å². The molecule has 0 spiro atoms. The van der Waals surface area contributed by atoms with Crippen LogP contribution >= 0.6 is 0 Å². The van der Waals surface area contributed by atoms with Gasteiger partial charge >= 0.3 is 0 Å². The average molecular weight is 329 g/mol. The van der Waals surface area contributed by atoms with Gasteiger partial charge < -0.3 is 9.72 Å². The summed E-state index contributed by atoms with van der Waals surface area (Å²) < 4.78 is 5.39. The minimum Gasteiger partial charge on any atom is -0.494 e. The van der Waals surface area contributed by atoms with Crippen molar-refractivity contribution >= 4 is 10.9 Å². The van der Waals surface area contributed by atoms with Gasteiger partial charge in [0.05, 0.1) is 12.7 Å². The van der Waals surface area contributed by atoms with Crippen LogP contribution in [0, 0.1) is 29.6 Å². The van der Waals surface area contributed by atoms with Crippen molar-refractivity contribution in [3.63, 3.8) is 0 Å². The summed E-state index contributed by atoms with van der Waals surface area (Å²) in [6.45, 7) is 4.17. The number of aryl methyl sites for hydroxylation is 2. The predicted octanol–water partition coefficient (Wildman–Crippen LogP) is 4.85. The molecule has 3 aromatic rings. The SMILES string of the molecule is CCCc1[nH]c2cc(C#N)c(OC)c(C#N)c2c1-c1ccc(C)cc1. The van der Waals surface area contributed by atoms with E-state index in [1.54, 1.807) is 6.07 Å². The fourth-order valence-electron chi connectivity index (χ4n) is 3.28. The minimum absolute atomic E-state index is 0.341. The van der Waals surface area contributed by atoms with E-state index in [1.165, 1.54) is 12.7 Å². The van der Waals surface area contributed by atoms with Gasteiger partial charge in [-0.3, -0.25) is 0 Å². The van der Waals surface area contributed by atoms with Crippen LogP contribution in [0.25, 0.3) is 22.0 Å². The standard InChI is InChI=1S/C21H19N3O/c1-4-5-17-19(14-8-6-13(2)7-9-14)20-16(12-23)21(25-3)15(11-22)10-18(20)24-17/h6-10,24H,4-5H2,1-3H3. The van der Waals surface area contributed by atoms with Gasteiger partial charge in [0.15, 0.2) is 5.75 Å². The van der Waals surface area contributed by atoms with Crippen molar-refractivity contribution in [3.8, 4) is 29.0 Å². The van der Waals surface area contributed by atoms with Crippen LogP contribution in [0.1, 0.15) is 35.7 Å². The van der Waals surface area contributed by atoms with Gasteiger partial charge in [0, 0.05) is 22.2 Å². The van der Waals surface area contributed by atoms with E-state index in [0.29, 0.717) is 16.9 Å². The number of nitrogens with one attached hydrogen (secondary N) is 1. The highest BCUT2D eigenvalue weighted by Crippen LogP contribution is 2.40. The highest BCUT2D eigenvalue weighted by molar-refractivity contribution is 6.03. The Hall–Kier alpha value is -3.24. The first kappa shape index (κ1) is 16.6. The average Bonchev–Trinajstić information content (AvgIpc) is 2.98. The summed E-state index contributed by atoms with van der Waals surface area (Å²) in [5.41, 5.74) is 5.92. The van der Waals surface area contributed by atoms with E-state index >= 15 is 0 Å². The molecule has 0 bridgehead atoms. The second-order valence-electron chi connectivity index (χ2n) is 6.07. The Bertz CT molecular complexity index is 1010. The van der Waals surface area contributed by atoms with E-state index in [2.05, 4.69) is 55.2 Å². The van der Waals surface area contributed by atoms with E-state index in [-0.39, 0.29) is 0 Å². The molecule has 2 aromatic carbocycles. The van der Waals surface area contributed by atoms with E-state index in [1.807, 2.05) is 0 Å². The fourth-order valence-corrected chi connectivity index (χ4v) is 3.28. The van der Waals surface area contributed by atoms with Crippen LogP contribution in [-0.2, 0) is 6.42 Å². The lowest BCUT2D eigenvalue weighted by Crippen LogP contribution is -1.94. The summed E-state index contributed by atoms with van der Waals surface area (Å²) >= 11 is 0. The Morgan fingerprint density at radius 1 is 1.12 bits per heavy atom. The third-order valence-corrected chi connectivity index (χ3v) is 4.39. The molecule has 25 heavy (non-hydrogen) atoms. The normalized spacial score (nSPS) is 10.4. The third-order valence-electron chi connectivity index (χ3n) is 4.39. The lowest BCUT2D eigenvalue weighted by molar-refractivity contribution is 0.413. The number of methoxy groups -OCH3 is 1. The number of H-pyrrole nitrogens is 1. The maximum Gasteiger partial charge on any atom is 0.155 e. The maximum absolute atomic E-state index is 9.77. The molecule has 0 amide bonds. The molecule has 0 radical (unpaired) electrons. The van der Waals surface area contributed by atoms with Gasteiger partial charge in [0.1, 0.15) is 17.7 Å². The molecule has 1 N–H and O–H groups in total. The molecule has 0 fully saturated rings. The number of rotatable bonds is 4. The number of ether oxygens (including phenoxy) is 1. The van der Waals surface area contributed by atoms with Gasteiger partial charge in [-0.25, -0.2) is 0 Å². The maximum atomic E-state index is 9.77. The molecule has 1 heterocycles. The molecule has 1 aromatic heterocycles. The number of aromatic nitrogens is 1. The molecule has 0 aliphatic heterocycles. The van der Waals surface area contributed by atoms with Crippen molar-refractivity contribution in [2.75, 3.05) is 7.11 Å². The summed E-state index contributed by atoms with van der Waals surface area (Å²) in [6.07, 6.45) is 1.85. The van der Waals surface area contributed by atoms with Crippen molar-refractivity contribution in [1.82, 2.24) is 4.98 Å². The largest absolute Gasteiger partial charge is 0.494 e. The van der Waals surface area contributed by atoms with Gasteiger partial charge in [-0.05, 0) is 25.0 Å². The number of hydrogen-bond acceptors (Lipinski definition) is 3. The number of benzene rings is 2. The van der Waals surface area contributed by atoms with Crippen LogP contribution < -0.4 is 4.74 Å². The molecule has 4 heteroatoms. The van der Waals surface area contributed by atoms with E-state index < -0.39 is 0 Å². The van der Waals surface area contributed by atoms with E-state index in [0.717, 1.165) is 40.6 Å². The molecule has 4 nitrogen and oxygen atoms in total. The van der Waals surface area contributed by atoms with Crippen LogP contribution in [0.5, 0.6) is 5.75 Å². The highest BCUT2D eigenvalue weighted by atomic mass is 16.5. The monoisotopic (exact) mass is 329 g/mol. The number of hydrogen-bond donors (Lipinski definition) is 1. The van der Waals surface area contributed by atoms with Gasteiger partial charge in [-0.1, -0.05) is 43.2 Å². The summed E-state index contributed by atoms with van der Waals surface area (Å²) in [5.74, 6) is 0.341. The molecule has 0 aliphatic carbocycles. The van der Waals surface area contributed by atoms with Crippen molar-refractivity contribution in [2.45, 2.75) is 26.7 Å². The Labute approximate surface area is 147 Å². The first-order valence-electron chi connectivity index (χ1n) is 8.27. The molecule has 0 saturated carbocycles. The van der Waals surface area contributed by atoms with Gasteiger partial charge in [0.25, 0.3) is 0 Å². The summed E-state index contributed by atoms with van der Waals surface area (Å²) in [5, 5.41) is 20.0. The van der Waals surface area contributed by atoms with Gasteiger partial charge in [0.2, 0.25) is 0 Å². The van der Waals surface area contributed by atoms with Crippen LogP contribution in [0.15, 0.2) is 30.3 Å². The minimum atomic E-state index is 0.341. The summed E-state index contributed by atoms with van der Waals surface area (Å²) in [6, 6.07) is 14.4. The van der Waals surface area contributed by atoms with E-state index in [9.17, 15) is 10.5 Å². The number of nitriles is 2. The molecule has 0 unspecified atom stereocenters. The summed E-state index contributed by atoms with van der Waals surface area (Å²) in [7, 11) is 1.49. The third kappa shape index (κ3) is 2.73. The van der Waals surface area contributed by atoms with Crippen molar-refractivity contribution < 1.29 is 4.74 Å². The first-order chi connectivity index (χ1) is 12.1. The lowest BCUT2D eigenvalue weighted by Gasteiger charge is -2.09.